The van der Waals surface area contributed by atoms with Crippen molar-refractivity contribution in [1.29, 1.82) is 0 Å². The van der Waals surface area contributed by atoms with Gasteiger partial charge in [-0.25, -0.2) is 0 Å². The molecule has 1 aromatic carbocycles. The van der Waals surface area contributed by atoms with E-state index in [1.807, 2.05) is 30.3 Å². The molecule has 5 heteroatoms. The molecule has 3 fully saturated rings. The van der Waals surface area contributed by atoms with Gasteiger partial charge in [0.15, 0.2) is 12.6 Å². The average Bonchev–Trinajstić information content (AvgIpc) is 3.19. The zero-order valence-corrected chi connectivity index (χ0v) is 11.3. The van der Waals surface area contributed by atoms with Gasteiger partial charge >= 0.3 is 0 Å². The molecule has 1 saturated carbocycles. The molecule has 20 heavy (non-hydrogen) atoms. The third-order valence-electron chi connectivity index (χ3n) is 4.56. The average molecular weight is 277 g/mol. The molecular formula is C15H19NO4. The van der Waals surface area contributed by atoms with Crippen molar-refractivity contribution < 1.29 is 18.9 Å². The van der Waals surface area contributed by atoms with Gasteiger partial charge in [-0.2, -0.15) is 0 Å². The first-order chi connectivity index (χ1) is 9.79. The second kappa shape index (κ2) is 4.79. The summed E-state index contributed by atoms with van der Waals surface area (Å²) in [5.74, 6) is 0.560. The summed E-state index contributed by atoms with van der Waals surface area (Å²) in [4.78, 5) is 0. The summed E-state index contributed by atoms with van der Waals surface area (Å²) >= 11 is 0. The topological polar surface area (TPSA) is 62.9 Å². The van der Waals surface area contributed by atoms with E-state index in [0.717, 1.165) is 5.56 Å². The Morgan fingerprint density at radius 3 is 2.70 bits per heavy atom. The Balaban J connectivity index is 1.52. The first-order valence-electron chi connectivity index (χ1n) is 7.05. The normalized spacial score (nSPS) is 46.4. The predicted octanol–water partition coefficient (Wildman–Crippen LogP) is 1.05. The lowest BCUT2D eigenvalue weighted by Crippen LogP contribution is -2.49. The zero-order chi connectivity index (χ0) is 13.7. The lowest BCUT2D eigenvalue weighted by atomic mass is 10.0. The lowest BCUT2D eigenvalue weighted by Gasteiger charge is -2.41. The van der Waals surface area contributed by atoms with Crippen LogP contribution in [0.3, 0.4) is 0 Å². The van der Waals surface area contributed by atoms with Crippen LogP contribution in [0.5, 0.6) is 0 Å². The molecule has 4 rings (SSSR count). The van der Waals surface area contributed by atoms with Crippen LogP contribution < -0.4 is 5.73 Å². The van der Waals surface area contributed by atoms with E-state index in [1.54, 1.807) is 7.11 Å². The van der Waals surface area contributed by atoms with Crippen LogP contribution in [0.4, 0.5) is 0 Å². The molecule has 0 bridgehead atoms. The SMILES string of the molecule is CO[C@H]1O[C@@H]2CO[C@H](c3ccccc3)O[C@H]2[C@@H]2[C@@H](N)[C@H]12. The fourth-order valence-electron chi connectivity index (χ4n) is 3.45. The molecule has 0 spiro atoms. The van der Waals surface area contributed by atoms with Crippen LogP contribution in [0, 0.1) is 11.8 Å². The monoisotopic (exact) mass is 277 g/mol. The Hall–Kier alpha value is -0.980. The van der Waals surface area contributed by atoms with Crippen LogP contribution >= 0.6 is 0 Å². The van der Waals surface area contributed by atoms with Crippen molar-refractivity contribution in [3.8, 4) is 0 Å². The van der Waals surface area contributed by atoms with Crippen molar-refractivity contribution in [2.24, 2.45) is 17.6 Å². The Bertz CT molecular complexity index is 480. The molecular weight excluding hydrogens is 258 g/mol. The van der Waals surface area contributed by atoms with Gasteiger partial charge in [-0.1, -0.05) is 30.3 Å². The second-order valence-electron chi connectivity index (χ2n) is 5.69. The Labute approximate surface area is 117 Å². The van der Waals surface area contributed by atoms with Crippen molar-refractivity contribution in [3.05, 3.63) is 35.9 Å². The van der Waals surface area contributed by atoms with E-state index >= 15 is 0 Å². The highest BCUT2D eigenvalue weighted by molar-refractivity contribution is 5.18. The summed E-state index contributed by atoms with van der Waals surface area (Å²) in [5.41, 5.74) is 7.18. The van der Waals surface area contributed by atoms with E-state index in [9.17, 15) is 0 Å². The van der Waals surface area contributed by atoms with Crippen LogP contribution in [-0.4, -0.2) is 38.3 Å². The van der Waals surface area contributed by atoms with Gasteiger partial charge in [-0.05, 0) is 0 Å². The first-order valence-corrected chi connectivity index (χ1v) is 7.05. The third-order valence-corrected chi connectivity index (χ3v) is 4.56. The Morgan fingerprint density at radius 1 is 1.15 bits per heavy atom. The van der Waals surface area contributed by atoms with Crippen molar-refractivity contribution in [1.82, 2.24) is 0 Å². The maximum atomic E-state index is 6.15. The minimum absolute atomic E-state index is 0.000330. The quantitative estimate of drug-likeness (QED) is 0.875. The van der Waals surface area contributed by atoms with Gasteiger partial charge in [0.25, 0.3) is 0 Å². The minimum atomic E-state index is -0.325. The van der Waals surface area contributed by atoms with Gasteiger partial charge in [-0.3, -0.25) is 0 Å². The van der Waals surface area contributed by atoms with Crippen LogP contribution in [0.15, 0.2) is 30.3 Å². The van der Waals surface area contributed by atoms with Gasteiger partial charge < -0.3 is 24.7 Å². The first kappa shape index (κ1) is 12.7. The van der Waals surface area contributed by atoms with Crippen molar-refractivity contribution in [2.75, 3.05) is 13.7 Å². The summed E-state index contributed by atoms with van der Waals surface area (Å²) in [6, 6.07) is 10.1. The number of hydrogen-bond acceptors (Lipinski definition) is 5. The van der Waals surface area contributed by atoms with Crippen LogP contribution in [-0.2, 0) is 18.9 Å². The van der Waals surface area contributed by atoms with Crippen molar-refractivity contribution >= 4 is 0 Å². The summed E-state index contributed by atoms with van der Waals surface area (Å²) < 4.78 is 23.2. The second-order valence-corrected chi connectivity index (χ2v) is 5.69. The number of ether oxygens (including phenoxy) is 4. The van der Waals surface area contributed by atoms with E-state index in [4.69, 9.17) is 24.7 Å². The van der Waals surface area contributed by atoms with Gasteiger partial charge in [0, 0.05) is 30.6 Å². The van der Waals surface area contributed by atoms with E-state index in [-0.39, 0.29) is 36.7 Å². The molecule has 1 aromatic rings. The van der Waals surface area contributed by atoms with Crippen molar-refractivity contribution in [3.63, 3.8) is 0 Å². The number of methoxy groups -OCH3 is 1. The molecule has 7 atom stereocenters. The fourth-order valence-corrected chi connectivity index (χ4v) is 3.45. The third kappa shape index (κ3) is 1.89. The highest BCUT2D eigenvalue weighted by Gasteiger charge is 2.64. The summed E-state index contributed by atoms with van der Waals surface area (Å²) in [5, 5.41) is 0. The largest absolute Gasteiger partial charge is 0.356 e. The molecule has 0 radical (unpaired) electrons. The van der Waals surface area contributed by atoms with E-state index in [0.29, 0.717) is 12.5 Å². The highest BCUT2D eigenvalue weighted by atomic mass is 16.7. The standard InChI is InChI=1S/C15H19NO4/c1-17-15-11-10(12(11)16)13-9(19-15)7-18-14(20-13)8-5-3-2-4-6-8/h2-6,9-15H,7,16H2,1H3/t9-,10+,11-,12-,13-,14+,15+/m1/s1. The summed E-state index contributed by atoms with van der Waals surface area (Å²) in [7, 11) is 1.66. The van der Waals surface area contributed by atoms with Gasteiger partial charge in [0.2, 0.25) is 0 Å². The predicted molar refractivity (Wildman–Crippen MR) is 70.6 cm³/mol. The molecule has 0 aromatic heterocycles. The van der Waals surface area contributed by atoms with Gasteiger partial charge in [-0.15, -0.1) is 0 Å². The lowest BCUT2D eigenvalue weighted by molar-refractivity contribution is -0.316. The van der Waals surface area contributed by atoms with E-state index in [2.05, 4.69) is 0 Å². The molecule has 0 amide bonds. The van der Waals surface area contributed by atoms with Crippen LogP contribution in [0.1, 0.15) is 11.9 Å². The molecule has 108 valence electrons. The molecule has 3 aliphatic rings. The van der Waals surface area contributed by atoms with Crippen LogP contribution in [0.2, 0.25) is 0 Å². The summed E-state index contributed by atoms with van der Waals surface area (Å²) in [6.07, 6.45) is -0.639. The van der Waals surface area contributed by atoms with Crippen molar-refractivity contribution in [2.45, 2.75) is 30.8 Å². The zero-order valence-electron chi connectivity index (χ0n) is 11.3. The van der Waals surface area contributed by atoms with Crippen LogP contribution in [0.25, 0.3) is 0 Å². The molecule has 2 heterocycles. The molecule has 1 aliphatic carbocycles. The molecule has 0 unspecified atom stereocenters. The maximum Gasteiger partial charge on any atom is 0.184 e. The van der Waals surface area contributed by atoms with Gasteiger partial charge in [0.1, 0.15) is 6.10 Å². The number of benzene rings is 1. The number of nitrogens with two attached hydrogens (primary N) is 1. The fraction of sp³-hybridized carbons (Fsp3) is 0.600. The Morgan fingerprint density at radius 2 is 1.95 bits per heavy atom. The number of rotatable bonds is 2. The molecule has 5 nitrogen and oxygen atoms in total. The molecule has 2 aliphatic heterocycles. The maximum absolute atomic E-state index is 6.15. The molecule has 2 N–H and O–H groups in total. The Kier molecular flexibility index (Phi) is 3.05. The van der Waals surface area contributed by atoms with Gasteiger partial charge in [0.05, 0.1) is 12.7 Å². The van der Waals surface area contributed by atoms with E-state index in [1.165, 1.54) is 0 Å². The highest BCUT2D eigenvalue weighted by Crippen LogP contribution is 2.52. The van der Waals surface area contributed by atoms with E-state index < -0.39 is 0 Å². The summed E-state index contributed by atoms with van der Waals surface area (Å²) in [6.45, 7) is 0.514. The number of hydrogen-bond donors (Lipinski definition) is 1. The molecule has 2 saturated heterocycles. The minimum Gasteiger partial charge on any atom is -0.356 e. The smallest absolute Gasteiger partial charge is 0.184 e. The number of fused-ring (bicyclic) bond motifs is 3.